The SMILES string of the molecule is CCc1nc2cc(F)ccc2n1C1CCN(C(=O)/C=C/c2cccc(F)c2)CC1. The molecule has 0 aliphatic carbocycles. The van der Waals surface area contributed by atoms with Gasteiger partial charge in [-0.25, -0.2) is 13.8 Å². The summed E-state index contributed by atoms with van der Waals surface area (Å²) >= 11 is 0. The lowest BCUT2D eigenvalue weighted by molar-refractivity contribution is -0.127. The summed E-state index contributed by atoms with van der Waals surface area (Å²) in [5.74, 6) is 0.275. The monoisotopic (exact) mass is 395 g/mol. The lowest BCUT2D eigenvalue weighted by Crippen LogP contribution is -2.38. The lowest BCUT2D eigenvalue weighted by atomic mass is 10.0. The van der Waals surface area contributed by atoms with E-state index in [0.717, 1.165) is 30.6 Å². The first-order chi connectivity index (χ1) is 14.0. The van der Waals surface area contributed by atoms with Crippen molar-refractivity contribution in [2.24, 2.45) is 0 Å². The number of imidazole rings is 1. The summed E-state index contributed by atoms with van der Waals surface area (Å²) in [7, 11) is 0. The fourth-order valence-corrected chi connectivity index (χ4v) is 4.01. The molecule has 2 heterocycles. The van der Waals surface area contributed by atoms with E-state index in [4.69, 9.17) is 0 Å². The highest BCUT2D eigenvalue weighted by Crippen LogP contribution is 2.29. The van der Waals surface area contributed by atoms with Crippen LogP contribution in [0.3, 0.4) is 0 Å². The number of fused-ring (bicyclic) bond motifs is 1. The van der Waals surface area contributed by atoms with Crippen LogP contribution >= 0.6 is 0 Å². The van der Waals surface area contributed by atoms with E-state index in [2.05, 4.69) is 9.55 Å². The molecule has 1 aliphatic rings. The average Bonchev–Trinajstić information content (AvgIpc) is 3.09. The Morgan fingerprint density at radius 1 is 1.14 bits per heavy atom. The highest BCUT2D eigenvalue weighted by Gasteiger charge is 2.25. The van der Waals surface area contributed by atoms with Crippen molar-refractivity contribution < 1.29 is 13.6 Å². The number of nitrogens with zero attached hydrogens (tertiary/aromatic N) is 3. The summed E-state index contributed by atoms with van der Waals surface area (Å²) in [5, 5.41) is 0. The maximum atomic E-state index is 13.6. The van der Waals surface area contributed by atoms with Crippen molar-refractivity contribution in [2.45, 2.75) is 32.2 Å². The van der Waals surface area contributed by atoms with Gasteiger partial charge in [0.25, 0.3) is 0 Å². The summed E-state index contributed by atoms with van der Waals surface area (Å²) in [6, 6.07) is 11.1. The third kappa shape index (κ3) is 4.06. The number of aromatic nitrogens is 2. The number of carbonyl (C=O) groups is 1. The molecule has 0 N–H and O–H groups in total. The van der Waals surface area contributed by atoms with Crippen molar-refractivity contribution >= 4 is 23.0 Å². The fourth-order valence-electron chi connectivity index (χ4n) is 4.01. The molecule has 1 aromatic heterocycles. The third-order valence-corrected chi connectivity index (χ3v) is 5.45. The molecule has 6 heteroatoms. The number of aryl methyl sites for hydroxylation is 1. The van der Waals surface area contributed by atoms with Gasteiger partial charge < -0.3 is 9.47 Å². The first-order valence-corrected chi connectivity index (χ1v) is 9.94. The Morgan fingerprint density at radius 2 is 1.90 bits per heavy atom. The number of hydrogen-bond donors (Lipinski definition) is 0. The molecule has 1 amide bonds. The normalized spacial score (nSPS) is 15.5. The molecular formula is C23H23F2N3O. The second-order valence-corrected chi connectivity index (χ2v) is 7.33. The predicted octanol–water partition coefficient (Wildman–Crippen LogP) is 4.75. The van der Waals surface area contributed by atoms with Gasteiger partial charge in [-0.1, -0.05) is 19.1 Å². The molecule has 0 unspecified atom stereocenters. The van der Waals surface area contributed by atoms with Gasteiger partial charge in [0.15, 0.2) is 0 Å². The number of likely N-dealkylation sites (tertiary alicyclic amines) is 1. The fraction of sp³-hybridized carbons (Fsp3) is 0.304. The minimum Gasteiger partial charge on any atom is -0.339 e. The maximum Gasteiger partial charge on any atom is 0.246 e. The van der Waals surface area contributed by atoms with Crippen molar-refractivity contribution in [1.82, 2.24) is 14.5 Å². The van der Waals surface area contributed by atoms with Gasteiger partial charge in [0.2, 0.25) is 5.91 Å². The Labute approximate surface area is 168 Å². The maximum absolute atomic E-state index is 13.6. The van der Waals surface area contributed by atoms with Gasteiger partial charge in [-0.3, -0.25) is 4.79 Å². The summed E-state index contributed by atoms with van der Waals surface area (Å²) in [5.41, 5.74) is 2.29. The number of amides is 1. The van der Waals surface area contributed by atoms with Crippen LogP contribution < -0.4 is 0 Å². The zero-order chi connectivity index (χ0) is 20.4. The van der Waals surface area contributed by atoms with Crippen molar-refractivity contribution in [3.63, 3.8) is 0 Å². The van der Waals surface area contributed by atoms with Crippen LogP contribution in [0.5, 0.6) is 0 Å². The minimum atomic E-state index is -0.320. The Morgan fingerprint density at radius 3 is 2.62 bits per heavy atom. The predicted molar refractivity (Wildman–Crippen MR) is 109 cm³/mol. The molecule has 3 aromatic rings. The first kappa shape index (κ1) is 19.3. The second kappa shape index (κ2) is 8.15. The largest absolute Gasteiger partial charge is 0.339 e. The zero-order valence-electron chi connectivity index (χ0n) is 16.3. The van der Waals surface area contributed by atoms with E-state index < -0.39 is 0 Å². The quantitative estimate of drug-likeness (QED) is 0.598. The smallest absolute Gasteiger partial charge is 0.246 e. The van der Waals surface area contributed by atoms with Crippen LogP contribution in [0.15, 0.2) is 48.5 Å². The first-order valence-electron chi connectivity index (χ1n) is 9.94. The van der Waals surface area contributed by atoms with Crippen LogP contribution in [-0.4, -0.2) is 33.4 Å². The molecule has 150 valence electrons. The van der Waals surface area contributed by atoms with Gasteiger partial charge in [-0.2, -0.15) is 0 Å². The summed E-state index contributed by atoms with van der Waals surface area (Å²) in [4.78, 5) is 18.9. The molecule has 1 aliphatic heterocycles. The molecule has 0 spiro atoms. The molecule has 4 nitrogen and oxygen atoms in total. The summed E-state index contributed by atoms with van der Waals surface area (Å²) in [6.07, 6.45) is 5.54. The van der Waals surface area contributed by atoms with Gasteiger partial charge in [0, 0.05) is 37.7 Å². The van der Waals surface area contributed by atoms with E-state index in [9.17, 15) is 13.6 Å². The number of halogens is 2. The van der Waals surface area contributed by atoms with E-state index in [1.807, 2.05) is 11.8 Å². The molecule has 0 saturated carbocycles. The Bertz CT molecular complexity index is 1070. The molecular weight excluding hydrogens is 372 g/mol. The van der Waals surface area contributed by atoms with Gasteiger partial charge in [0.05, 0.1) is 11.0 Å². The molecule has 0 atom stereocenters. The Balaban J connectivity index is 1.46. The number of hydrogen-bond acceptors (Lipinski definition) is 2. The van der Waals surface area contributed by atoms with Crippen LogP contribution in [0.25, 0.3) is 17.1 Å². The highest BCUT2D eigenvalue weighted by atomic mass is 19.1. The Kier molecular flexibility index (Phi) is 5.43. The molecule has 0 bridgehead atoms. The lowest BCUT2D eigenvalue weighted by Gasteiger charge is -2.33. The van der Waals surface area contributed by atoms with E-state index >= 15 is 0 Å². The Hall–Kier alpha value is -3.02. The number of carbonyl (C=O) groups excluding carboxylic acids is 1. The topological polar surface area (TPSA) is 38.1 Å². The van der Waals surface area contributed by atoms with Crippen LogP contribution in [0.4, 0.5) is 8.78 Å². The molecule has 2 aromatic carbocycles. The van der Waals surface area contributed by atoms with Crippen molar-refractivity contribution in [3.8, 4) is 0 Å². The number of rotatable bonds is 4. The summed E-state index contributed by atoms with van der Waals surface area (Å²) < 4.78 is 29.0. The van der Waals surface area contributed by atoms with Crippen LogP contribution in [0.2, 0.25) is 0 Å². The average molecular weight is 395 g/mol. The van der Waals surface area contributed by atoms with Gasteiger partial charge >= 0.3 is 0 Å². The van der Waals surface area contributed by atoms with E-state index in [0.29, 0.717) is 24.2 Å². The molecule has 0 radical (unpaired) electrons. The van der Waals surface area contributed by atoms with Crippen LogP contribution in [0.1, 0.15) is 37.2 Å². The molecule has 4 rings (SSSR count). The molecule has 1 saturated heterocycles. The van der Waals surface area contributed by atoms with Gasteiger partial charge in [-0.05, 0) is 48.7 Å². The minimum absolute atomic E-state index is 0.0685. The third-order valence-electron chi connectivity index (χ3n) is 5.45. The van der Waals surface area contributed by atoms with Crippen LogP contribution in [-0.2, 0) is 11.2 Å². The van der Waals surface area contributed by atoms with E-state index in [-0.39, 0.29) is 23.6 Å². The zero-order valence-corrected chi connectivity index (χ0v) is 16.3. The van der Waals surface area contributed by atoms with E-state index in [1.54, 1.807) is 24.3 Å². The number of piperidine rings is 1. The van der Waals surface area contributed by atoms with Crippen molar-refractivity contribution in [1.29, 1.82) is 0 Å². The second-order valence-electron chi connectivity index (χ2n) is 7.33. The molecule has 1 fully saturated rings. The van der Waals surface area contributed by atoms with Crippen LogP contribution in [0, 0.1) is 11.6 Å². The van der Waals surface area contributed by atoms with Crippen molar-refractivity contribution in [2.75, 3.05) is 13.1 Å². The standard InChI is InChI=1S/C23H23F2N3O/c1-2-22-26-20-15-18(25)7-8-21(20)28(22)19-10-12-27(13-11-19)23(29)9-6-16-4-3-5-17(24)14-16/h3-9,14-15,19H,2,10-13H2,1H3/b9-6+. The number of benzene rings is 2. The van der Waals surface area contributed by atoms with Gasteiger partial charge in [-0.15, -0.1) is 0 Å². The van der Waals surface area contributed by atoms with Crippen molar-refractivity contribution in [3.05, 3.63) is 71.6 Å². The highest BCUT2D eigenvalue weighted by molar-refractivity contribution is 5.91. The van der Waals surface area contributed by atoms with E-state index in [1.165, 1.54) is 30.3 Å². The molecule has 29 heavy (non-hydrogen) atoms. The van der Waals surface area contributed by atoms with Gasteiger partial charge in [0.1, 0.15) is 17.5 Å². The summed E-state index contributed by atoms with van der Waals surface area (Å²) in [6.45, 7) is 3.33.